The third-order valence-electron chi connectivity index (χ3n) is 1.88. The van der Waals surface area contributed by atoms with E-state index in [0.717, 1.165) is 0 Å². The second-order valence-electron chi connectivity index (χ2n) is 6.28. The normalized spacial score (nSPS) is 12.1. The van der Waals surface area contributed by atoms with Crippen LogP contribution in [0, 0.1) is 5.41 Å². The lowest BCUT2D eigenvalue weighted by Crippen LogP contribution is -2.47. The van der Waals surface area contributed by atoms with E-state index in [4.69, 9.17) is 5.73 Å². The molecule has 0 heterocycles. The molecule has 0 unspecified atom stereocenters. The second-order valence-corrected chi connectivity index (χ2v) is 6.28. The maximum atomic E-state index is 11.4. The fourth-order valence-electron chi connectivity index (χ4n) is 1.11. The van der Waals surface area contributed by atoms with Gasteiger partial charge >= 0.3 is 0 Å². The third kappa shape index (κ3) is 11.2. The van der Waals surface area contributed by atoms with E-state index in [2.05, 4.69) is 10.6 Å². The van der Waals surface area contributed by atoms with Crippen molar-refractivity contribution in [1.29, 1.82) is 0 Å². The first kappa shape index (κ1) is 15.9. The Labute approximate surface area is 104 Å². The molecule has 0 rings (SSSR count). The molecular formula is C12H25N3O2. The molecule has 0 spiro atoms. The van der Waals surface area contributed by atoms with E-state index in [9.17, 15) is 9.59 Å². The molecule has 0 aromatic rings. The minimum atomic E-state index is -0.439. The summed E-state index contributed by atoms with van der Waals surface area (Å²) in [6, 6.07) is 0. The van der Waals surface area contributed by atoms with Crippen molar-refractivity contribution in [3.05, 3.63) is 0 Å². The minimum absolute atomic E-state index is 0.00495. The predicted molar refractivity (Wildman–Crippen MR) is 68.4 cm³/mol. The van der Waals surface area contributed by atoms with Crippen LogP contribution >= 0.6 is 0 Å². The van der Waals surface area contributed by atoms with Crippen LogP contribution in [0.15, 0.2) is 0 Å². The largest absolute Gasteiger partial charge is 0.353 e. The molecule has 0 saturated carbocycles. The fraction of sp³-hybridized carbons (Fsp3) is 0.833. The van der Waals surface area contributed by atoms with Gasteiger partial charge in [0.05, 0.1) is 6.54 Å². The van der Waals surface area contributed by atoms with Gasteiger partial charge in [0, 0.05) is 18.5 Å². The van der Waals surface area contributed by atoms with E-state index < -0.39 is 5.54 Å². The molecule has 0 fully saturated rings. The molecule has 0 atom stereocenters. The Morgan fingerprint density at radius 1 is 1.00 bits per heavy atom. The summed E-state index contributed by atoms with van der Waals surface area (Å²) in [6.45, 7) is 9.97. The number of carbonyl (C=O) groups is 2. The lowest BCUT2D eigenvalue weighted by atomic mass is 9.92. The Morgan fingerprint density at radius 2 is 1.53 bits per heavy atom. The highest BCUT2D eigenvalue weighted by molar-refractivity contribution is 5.84. The molecule has 100 valence electrons. The first-order chi connectivity index (χ1) is 7.49. The number of nitrogens with two attached hydrogens (primary N) is 1. The van der Waals surface area contributed by atoms with Gasteiger partial charge in [0.2, 0.25) is 11.8 Å². The van der Waals surface area contributed by atoms with Crippen molar-refractivity contribution < 1.29 is 9.59 Å². The highest BCUT2D eigenvalue weighted by atomic mass is 16.2. The first-order valence-electron chi connectivity index (χ1n) is 5.82. The molecule has 0 saturated heterocycles. The van der Waals surface area contributed by atoms with Crippen molar-refractivity contribution in [1.82, 2.24) is 10.6 Å². The van der Waals surface area contributed by atoms with Gasteiger partial charge in [-0.2, -0.15) is 0 Å². The number of hydrogen-bond acceptors (Lipinski definition) is 3. The van der Waals surface area contributed by atoms with Crippen molar-refractivity contribution in [2.45, 2.75) is 46.6 Å². The van der Waals surface area contributed by atoms with Gasteiger partial charge in [-0.15, -0.1) is 0 Å². The Bertz CT molecular complexity index is 274. The topological polar surface area (TPSA) is 84.2 Å². The van der Waals surface area contributed by atoms with E-state index in [1.807, 2.05) is 34.6 Å². The van der Waals surface area contributed by atoms with E-state index in [-0.39, 0.29) is 23.8 Å². The van der Waals surface area contributed by atoms with Gasteiger partial charge in [0.15, 0.2) is 0 Å². The minimum Gasteiger partial charge on any atom is -0.353 e. The quantitative estimate of drug-likeness (QED) is 0.653. The summed E-state index contributed by atoms with van der Waals surface area (Å²) in [6.07, 6.45) is 0.405. The zero-order valence-electron chi connectivity index (χ0n) is 11.5. The van der Waals surface area contributed by atoms with Gasteiger partial charge in [-0.1, -0.05) is 20.8 Å². The van der Waals surface area contributed by atoms with E-state index in [0.29, 0.717) is 13.0 Å². The summed E-state index contributed by atoms with van der Waals surface area (Å²) in [4.78, 5) is 22.8. The molecule has 0 radical (unpaired) electrons. The number of hydrogen-bond donors (Lipinski definition) is 3. The summed E-state index contributed by atoms with van der Waals surface area (Å²) in [7, 11) is 0. The average Bonchev–Trinajstić information content (AvgIpc) is 2.07. The maximum absolute atomic E-state index is 11.4. The summed E-state index contributed by atoms with van der Waals surface area (Å²) >= 11 is 0. The first-order valence-corrected chi connectivity index (χ1v) is 5.82. The van der Waals surface area contributed by atoms with Gasteiger partial charge in [-0.05, 0) is 19.3 Å². The fourth-order valence-corrected chi connectivity index (χ4v) is 1.11. The molecular weight excluding hydrogens is 218 g/mol. The second kappa shape index (κ2) is 6.00. The van der Waals surface area contributed by atoms with Crippen LogP contribution in [0.5, 0.6) is 0 Å². The van der Waals surface area contributed by atoms with Crippen LogP contribution in [0.25, 0.3) is 0 Å². The summed E-state index contributed by atoms with van der Waals surface area (Å²) in [5.41, 5.74) is 5.21. The summed E-state index contributed by atoms with van der Waals surface area (Å²) < 4.78 is 0. The van der Waals surface area contributed by atoms with Crippen molar-refractivity contribution >= 4 is 11.8 Å². The third-order valence-corrected chi connectivity index (χ3v) is 1.88. The lowest BCUT2D eigenvalue weighted by molar-refractivity contribution is -0.127. The van der Waals surface area contributed by atoms with Crippen LogP contribution in [0.2, 0.25) is 0 Å². The summed E-state index contributed by atoms with van der Waals surface area (Å²) in [5, 5.41) is 5.25. The summed E-state index contributed by atoms with van der Waals surface area (Å²) in [5.74, 6) is -0.328. The van der Waals surface area contributed by atoms with Crippen LogP contribution in [0.1, 0.15) is 41.0 Å². The molecule has 0 aromatic carbocycles. The smallest absolute Gasteiger partial charge is 0.239 e. The van der Waals surface area contributed by atoms with Crippen molar-refractivity contribution in [3.63, 3.8) is 0 Å². The number of amides is 2. The van der Waals surface area contributed by atoms with E-state index >= 15 is 0 Å². The maximum Gasteiger partial charge on any atom is 0.239 e. The Kier molecular flexibility index (Phi) is 5.61. The van der Waals surface area contributed by atoms with Gasteiger partial charge in [-0.25, -0.2) is 0 Å². The average molecular weight is 243 g/mol. The molecule has 0 aromatic heterocycles. The highest BCUT2D eigenvalue weighted by Gasteiger charge is 2.17. The number of carbonyl (C=O) groups excluding carboxylic acids is 2. The molecule has 5 heteroatoms. The standard InChI is InChI=1S/C12H25N3O2/c1-11(2,3)6-9(16)14-7-10(17)15-8-12(4,5)13/h6-8,13H2,1-5H3,(H,14,16)(H,15,17). The lowest BCUT2D eigenvalue weighted by Gasteiger charge is -2.19. The molecule has 5 nitrogen and oxygen atoms in total. The molecule has 0 aliphatic carbocycles. The molecule has 0 aliphatic rings. The van der Waals surface area contributed by atoms with Crippen molar-refractivity contribution in [3.8, 4) is 0 Å². The Balaban J connectivity index is 3.82. The van der Waals surface area contributed by atoms with E-state index in [1.54, 1.807) is 0 Å². The van der Waals surface area contributed by atoms with Crippen molar-refractivity contribution in [2.24, 2.45) is 11.1 Å². The molecule has 0 bridgehead atoms. The van der Waals surface area contributed by atoms with Crippen LogP contribution in [0.3, 0.4) is 0 Å². The van der Waals surface area contributed by atoms with Crippen molar-refractivity contribution in [2.75, 3.05) is 13.1 Å². The predicted octanol–water partition coefficient (Wildman–Crippen LogP) is 0.392. The van der Waals surface area contributed by atoms with Crippen LogP contribution < -0.4 is 16.4 Å². The van der Waals surface area contributed by atoms with Gasteiger partial charge in [-0.3, -0.25) is 9.59 Å². The van der Waals surface area contributed by atoms with Gasteiger partial charge in [0.1, 0.15) is 0 Å². The molecule has 0 aliphatic heterocycles. The monoisotopic (exact) mass is 243 g/mol. The van der Waals surface area contributed by atoms with Crippen LogP contribution in [0.4, 0.5) is 0 Å². The number of nitrogens with one attached hydrogen (secondary N) is 2. The highest BCUT2D eigenvalue weighted by Crippen LogP contribution is 2.17. The van der Waals surface area contributed by atoms with Gasteiger partial charge in [0.25, 0.3) is 0 Å². The SMILES string of the molecule is CC(C)(C)CC(=O)NCC(=O)NCC(C)(C)N. The molecule has 2 amide bonds. The van der Waals surface area contributed by atoms with Crippen LogP contribution in [-0.4, -0.2) is 30.4 Å². The van der Waals surface area contributed by atoms with E-state index in [1.165, 1.54) is 0 Å². The Hall–Kier alpha value is -1.10. The van der Waals surface area contributed by atoms with Crippen LogP contribution in [-0.2, 0) is 9.59 Å². The zero-order valence-corrected chi connectivity index (χ0v) is 11.5. The number of rotatable bonds is 5. The zero-order chi connectivity index (χ0) is 13.7. The molecule has 4 N–H and O–H groups in total. The Morgan fingerprint density at radius 3 is 1.94 bits per heavy atom. The molecule has 17 heavy (non-hydrogen) atoms. The van der Waals surface area contributed by atoms with Gasteiger partial charge < -0.3 is 16.4 Å².